The first kappa shape index (κ1) is 17.5. The van der Waals surface area contributed by atoms with Gasteiger partial charge in [0, 0.05) is 17.8 Å². The number of hydrogen-bond donors (Lipinski definition) is 0. The SMILES string of the molecule is O=C(OC(CC(F)(F)F)C1(c2ccncc2)CCC1)c1ccccc1. The summed E-state index contributed by atoms with van der Waals surface area (Å²) >= 11 is 0. The molecule has 1 aromatic heterocycles. The summed E-state index contributed by atoms with van der Waals surface area (Å²) in [5.74, 6) is -0.727. The zero-order valence-corrected chi connectivity index (χ0v) is 13.5. The smallest absolute Gasteiger partial charge is 0.392 e. The van der Waals surface area contributed by atoms with Crippen molar-refractivity contribution in [2.75, 3.05) is 0 Å². The number of pyridine rings is 1. The molecule has 1 aliphatic rings. The van der Waals surface area contributed by atoms with Crippen LogP contribution in [0.1, 0.15) is 41.6 Å². The number of halogens is 3. The quantitative estimate of drug-likeness (QED) is 0.736. The summed E-state index contributed by atoms with van der Waals surface area (Å²) in [7, 11) is 0. The Labute approximate surface area is 143 Å². The minimum atomic E-state index is -4.42. The maximum Gasteiger partial charge on any atom is 0.392 e. The second kappa shape index (κ2) is 6.86. The third-order valence-electron chi connectivity index (χ3n) is 4.79. The predicted octanol–water partition coefficient (Wildman–Crippen LogP) is 4.68. The highest BCUT2D eigenvalue weighted by atomic mass is 19.4. The maximum atomic E-state index is 13.2. The summed E-state index contributed by atoms with van der Waals surface area (Å²) in [5, 5.41) is 0. The van der Waals surface area contributed by atoms with Gasteiger partial charge in [-0.05, 0) is 42.7 Å². The minimum absolute atomic E-state index is 0.249. The molecule has 0 aliphatic heterocycles. The van der Waals surface area contributed by atoms with Crippen molar-refractivity contribution in [1.82, 2.24) is 4.98 Å². The van der Waals surface area contributed by atoms with E-state index in [4.69, 9.17) is 4.74 Å². The molecule has 1 heterocycles. The summed E-state index contributed by atoms with van der Waals surface area (Å²) in [4.78, 5) is 16.3. The van der Waals surface area contributed by atoms with Crippen LogP contribution >= 0.6 is 0 Å². The van der Waals surface area contributed by atoms with Gasteiger partial charge in [-0.2, -0.15) is 13.2 Å². The van der Waals surface area contributed by atoms with Crippen molar-refractivity contribution >= 4 is 5.97 Å². The summed E-state index contributed by atoms with van der Waals surface area (Å²) in [6.07, 6.45) is -1.81. The van der Waals surface area contributed by atoms with Gasteiger partial charge in [-0.1, -0.05) is 24.6 Å². The molecule has 0 N–H and O–H groups in total. The van der Waals surface area contributed by atoms with Crippen LogP contribution in [-0.2, 0) is 10.2 Å². The normalized spacial score (nSPS) is 17.4. The largest absolute Gasteiger partial charge is 0.457 e. The van der Waals surface area contributed by atoms with Gasteiger partial charge in [-0.3, -0.25) is 4.98 Å². The standard InChI is InChI=1S/C19H18F3NO2/c20-19(21,22)13-16(25-17(24)14-5-2-1-3-6-14)18(9-4-10-18)15-7-11-23-12-8-15/h1-3,5-8,11-12,16H,4,9-10,13H2. The fraction of sp³-hybridized carbons (Fsp3) is 0.368. The molecular formula is C19H18F3NO2. The number of ether oxygens (including phenoxy) is 1. The van der Waals surface area contributed by atoms with E-state index in [1.54, 1.807) is 42.7 Å². The van der Waals surface area contributed by atoms with Gasteiger partial charge < -0.3 is 4.74 Å². The first-order valence-electron chi connectivity index (χ1n) is 8.14. The number of esters is 1. The fourth-order valence-corrected chi connectivity index (χ4v) is 3.37. The lowest BCUT2D eigenvalue weighted by molar-refractivity contribution is -0.167. The Morgan fingerprint density at radius 2 is 1.76 bits per heavy atom. The van der Waals surface area contributed by atoms with Crippen LogP contribution in [-0.4, -0.2) is 23.2 Å². The number of nitrogens with zero attached hydrogens (tertiary/aromatic N) is 1. The first-order valence-corrected chi connectivity index (χ1v) is 8.14. The van der Waals surface area contributed by atoms with E-state index in [1.807, 2.05) is 0 Å². The molecule has 2 aromatic rings. The lowest BCUT2D eigenvalue weighted by Crippen LogP contribution is -2.49. The molecule has 0 spiro atoms. The van der Waals surface area contributed by atoms with Gasteiger partial charge in [0.1, 0.15) is 6.10 Å². The molecule has 0 amide bonds. The van der Waals surface area contributed by atoms with E-state index in [1.165, 1.54) is 12.1 Å². The summed E-state index contributed by atoms with van der Waals surface area (Å²) < 4.78 is 44.9. The highest BCUT2D eigenvalue weighted by molar-refractivity contribution is 5.89. The molecule has 1 atom stereocenters. The zero-order chi connectivity index (χ0) is 17.9. The Morgan fingerprint density at radius 1 is 1.12 bits per heavy atom. The lowest BCUT2D eigenvalue weighted by Gasteiger charge is -2.47. The average Bonchev–Trinajstić information content (AvgIpc) is 2.54. The molecule has 6 heteroatoms. The predicted molar refractivity (Wildman–Crippen MR) is 86.1 cm³/mol. The monoisotopic (exact) mass is 349 g/mol. The molecule has 1 fully saturated rings. The molecule has 25 heavy (non-hydrogen) atoms. The van der Waals surface area contributed by atoms with Crippen molar-refractivity contribution in [3.63, 3.8) is 0 Å². The first-order chi connectivity index (χ1) is 11.9. The van der Waals surface area contributed by atoms with Crippen LogP contribution in [0.4, 0.5) is 13.2 Å². The van der Waals surface area contributed by atoms with Gasteiger partial charge in [0.2, 0.25) is 0 Å². The van der Waals surface area contributed by atoms with Gasteiger partial charge in [0.05, 0.1) is 12.0 Å². The molecule has 3 rings (SSSR count). The van der Waals surface area contributed by atoms with E-state index >= 15 is 0 Å². The highest BCUT2D eigenvalue weighted by Crippen LogP contribution is 2.50. The van der Waals surface area contributed by atoms with Crippen LogP contribution in [0, 0.1) is 0 Å². The highest BCUT2D eigenvalue weighted by Gasteiger charge is 2.51. The molecule has 0 bridgehead atoms. The van der Waals surface area contributed by atoms with Crippen molar-refractivity contribution in [2.24, 2.45) is 0 Å². The van der Waals surface area contributed by atoms with Crippen molar-refractivity contribution in [3.8, 4) is 0 Å². The summed E-state index contributed by atoms with van der Waals surface area (Å²) in [5.41, 5.74) is 0.186. The second-order valence-corrected chi connectivity index (χ2v) is 6.32. The van der Waals surface area contributed by atoms with Crippen molar-refractivity contribution in [3.05, 3.63) is 66.0 Å². The van der Waals surface area contributed by atoms with Crippen molar-refractivity contribution in [2.45, 2.75) is 43.4 Å². The molecule has 3 nitrogen and oxygen atoms in total. The van der Waals surface area contributed by atoms with Gasteiger partial charge in [0.25, 0.3) is 0 Å². The summed E-state index contributed by atoms with van der Waals surface area (Å²) in [6, 6.07) is 11.5. The van der Waals surface area contributed by atoms with E-state index in [0.29, 0.717) is 12.8 Å². The van der Waals surface area contributed by atoms with Gasteiger partial charge >= 0.3 is 12.1 Å². The van der Waals surface area contributed by atoms with Crippen molar-refractivity contribution < 1.29 is 22.7 Å². The van der Waals surface area contributed by atoms with E-state index in [-0.39, 0.29) is 5.56 Å². The van der Waals surface area contributed by atoms with Gasteiger partial charge in [-0.25, -0.2) is 4.79 Å². The number of benzene rings is 1. The maximum absolute atomic E-state index is 13.2. The van der Waals surface area contributed by atoms with E-state index in [0.717, 1.165) is 12.0 Å². The Morgan fingerprint density at radius 3 is 2.28 bits per heavy atom. The second-order valence-electron chi connectivity index (χ2n) is 6.32. The molecule has 132 valence electrons. The average molecular weight is 349 g/mol. The number of aromatic nitrogens is 1. The Bertz CT molecular complexity index is 712. The Hall–Kier alpha value is -2.37. The van der Waals surface area contributed by atoms with E-state index < -0.39 is 30.1 Å². The van der Waals surface area contributed by atoms with Crippen LogP contribution in [0.5, 0.6) is 0 Å². The molecule has 0 saturated heterocycles. The molecule has 1 aliphatic carbocycles. The lowest BCUT2D eigenvalue weighted by atomic mass is 9.60. The third kappa shape index (κ3) is 3.83. The number of rotatable bonds is 5. The minimum Gasteiger partial charge on any atom is -0.457 e. The number of carbonyl (C=O) groups excluding carboxylic acids is 1. The van der Waals surface area contributed by atoms with Crippen LogP contribution in [0.25, 0.3) is 0 Å². The summed E-state index contributed by atoms with van der Waals surface area (Å²) in [6.45, 7) is 0. The fourth-order valence-electron chi connectivity index (χ4n) is 3.37. The molecule has 1 saturated carbocycles. The van der Waals surface area contributed by atoms with Crippen LogP contribution < -0.4 is 0 Å². The molecule has 1 unspecified atom stereocenters. The Balaban J connectivity index is 1.90. The Kier molecular flexibility index (Phi) is 4.79. The number of alkyl halides is 3. The van der Waals surface area contributed by atoms with Crippen LogP contribution in [0.2, 0.25) is 0 Å². The van der Waals surface area contributed by atoms with E-state index in [2.05, 4.69) is 4.98 Å². The topological polar surface area (TPSA) is 39.2 Å². The molecule has 0 radical (unpaired) electrons. The van der Waals surface area contributed by atoms with E-state index in [9.17, 15) is 18.0 Å². The van der Waals surface area contributed by atoms with Crippen LogP contribution in [0.3, 0.4) is 0 Å². The molecular weight excluding hydrogens is 331 g/mol. The zero-order valence-electron chi connectivity index (χ0n) is 13.5. The van der Waals surface area contributed by atoms with Gasteiger partial charge in [-0.15, -0.1) is 0 Å². The number of carbonyl (C=O) groups is 1. The van der Waals surface area contributed by atoms with Crippen LogP contribution in [0.15, 0.2) is 54.9 Å². The van der Waals surface area contributed by atoms with Gasteiger partial charge in [0.15, 0.2) is 0 Å². The molecule has 1 aromatic carbocycles. The number of hydrogen-bond acceptors (Lipinski definition) is 3. The van der Waals surface area contributed by atoms with Crippen molar-refractivity contribution in [1.29, 1.82) is 0 Å². The third-order valence-corrected chi connectivity index (χ3v) is 4.79.